The normalized spacial score (nSPS) is 16.1. The number of nitrogen functional groups attached to an aromatic ring is 1. The molecule has 2 saturated heterocycles. The Morgan fingerprint density at radius 2 is 1.66 bits per heavy atom. The zero-order chi connectivity index (χ0) is 25.9. The molecule has 2 aliphatic rings. The Morgan fingerprint density at radius 1 is 0.947 bits per heavy atom. The lowest BCUT2D eigenvalue weighted by Crippen LogP contribution is -2.43. The van der Waals surface area contributed by atoms with Gasteiger partial charge < -0.3 is 30.3 Å². The Balaban J connectivity index is 1.26. The van der Waals surface area contributed by atoms with Gasteiger partial charge in [0.15, 0.2) is 11.6 Å². The Hall–Kier alpha value is -3.94. The van der Waals surface area contributed by atoms with Crippen LogP contribution in [0.5, 0.6) is 0 Å². The van der Waals surface area contributed by atoms with Gasteiger partial charge in [-0.3, -0.25) is 4.79 Å². The van der Waals surface area contributed by atoms with Gasteiger partial charge in [-0.05, 0) is 18.2 Å². The van der Waals surface area contributed by atoms with Crippen LogP contribution in [-0.4, -0.2) is 94.9 Å². The maximum Gasteiger partial charge on any atom is 0.242 e. The molecule has 4 aromatic heterocycles. The van der Waals surface area contributed by atoms with E-state index in [1.54, 1.807) is 28.6 Å². The van der Waals surface area contributed by atoms with Crippen molar-refractivity contribution >= 4 is 45.0 Å². The van der Waals surface area contributed by atoms with Gasteiger partial charge in [-0.15, -0.1) is 11.3 Å². The van der Waals surface area contributed by atoms with Gasteiger partial charge in [-0.1, -0.05) is 0 Å². The summed E-state index contributed by atoms with van der Waals surface area (Å²) in [6.07, 6.45) is 5.08. The molecular formula is C25H27N9O3S. The number of pyridine rings is 1. The van der Waals surface area contributed by atoms with Crippen molar-refractivity contribution < 1.29 is 14.3 Å². The van der Waals surface area contributed by atoms with Crippen molar-refractivity contribution in [2.75, 3.05) is 75.1 Å². The minimum atomic E-state index is 0.0419. The summed E-state index contributed by atoms with van der Waals surface area (Å²) in [6, 6.07) is 5.94. The molecule has 13 heteroatoms. The van der Waals surface area contributed by atoms with E-state index >= 15 is 0 Å². The number of hydrogen-bond acceptors (Lipinski definition) is 12. The number of morpholine rings is 2. The molecule has 0 aliphatic carbocycles. The maximum atomic E-state index is 12.4. The minimum absolute atomic E-state index is 0.0419. The van der Waals surface area contributed by atoms with Crippen LogP contribution in [0.15, 0.2) is 36.8 Å². The summed E-state index contributed by atoms with van der Waals surface area (Å²) < 4.78 is 11.9. The van der Waals surface area contributed by atoms with Crippen molar-refractivity contribution in [3.63, 3.8) is 0 Å². The first-order valence-electron chi connectivity index (χ1n) is 12.4. The number of ether oxygens (including phenoxy) is 2. The minimum Gasteiger partial charge on any atom is -0.378 e. The Kier molecular flexibility index (Phi) is 6.94. The van der Waals surface area contributed by atoms with Crippen LogP contribution >= 0.6 is 11.3 Å². The van der Waals surface area contributed by atoms with Crippen molar-refractivity contribution in [3.8, 4) is 21.8 Å². The lowest BCUT2D eigenvalue weighted by atomic mass is 10.2. The van der Waals surface area contributed by atoms with Gasteiger partial charge in [0.25, 0.3) is 0 Å². The van der Waals surface area contributed by atoms with Gasteiger partial charge in [0.2, 0.25) is 11.9 Å². The SMILES string of the molecule is Nc1ncc(-c2nc(N3CCOCC3)c3sc(-c4ccc(NCC(=O)N5CCOCC5)nc4)cc3n2)cn1. The third-order valence-electron chi connectivity index (χ3n) is 6.43. The molecule has 2 aliphatic heterocycles. The van der Waals surface area contributed by atoms with Crippen molar-refractivity contribution in [1.82, 2.24) is 29.8 Å². The number of nitrogens with zero attached hydrogens (tertiary/aromatic N) is 7. The maximum absolute atomic E-state index is 12.4. The first kappa shape index (κ1) is 24.4. The molecule has 6 rings (SSSR count). The first-order valence-corrected chi connectivity index (χ1v) is 13.2. The fourth-order valence-corrected chi connectivity index (χ4v) is 5.47. The van der Waals surface area contributed by atoms with Crippen molar-refractivity contribution in [3.05, 3.63) is 36.8 Å². The Labute approximate surface area is 222 Å². The van der Waals surface area contributed by atoms with E-state index in [1.165, 1.54) is 0 Å². The first-order chi connectivity index (χ1) is 18.6. The number of rotatable bonds is 6. The van der Waals surface area contributed by atoms with Crippen LogP contribution < -0.4 is 16.0 Å². The fraction of sp³-hybridized carbons (Fsp3) is 0.360. The zero-order valence-electron chi connectivity index (χ0n) is 20.7. The highest BCUT2D eigenvalue weighted by molar-refractivity contribution is 7.22. The molecule has 6 heterocycles. The molecule has 0 saturated carbocycles. The summed E-state index contributed by atoms with van der Waals surface area (Å²) in [7, 11) is 0. The lowest BCUT2D eigenvalue weighted by molar-refractivity contribution is -0.133. The average molecular weight is 534 g/mol. The topological polar surface area (TPSA) is 145 Å². The molecule has 1 amide bonds. The van der Waals surface area contributed by atoms with Gasteiger partial charge in [0, 0.05) is 55.2 Å². The van der Waals surface area contributed by atoms with E-state index in [2.05, 4.69) is 31.2 Å². The van der Waals surface area contributed by atoms with E-state index in [-0.39, 0.29) is 18.4 Å². The molecule has 0 unspecified atom stereocenters. The molecule has 3 N–H and O–H groups in total. The molecule has 12 nitrogen and oxygen atoms in total. The standard InChI is InChI=1S/C25H27N9O3S/c26-25-29-13-17(14-30-25)23-31-18-11-19(38-22(18)24(32-23)34-5-9-37-10-6-34)16-1-2-20(27-12-16)28-15-21(35)33-3-7-36-8-4-33/h1-2,11-14H,3-10,15H2,(H,27,28)(H2,26,29,30). The Bertz CT molecular complexity index is 1420. The molecule has 0 radical (unpaired) electrons. The van der Waals surface area contributed by atoms with Crippen molar-refractivity contribution in [2.45, 2.75) is 0 Å². The van der Waals surface area contributed by atoms with Crippen molar-refractivity contribution in [1.29, 1.82) is 0 Å². The number of aromatic nitrogens is 5. The second-order valence-electron chi connectivity index (χ2n) is 8.90. The number of anilines is 3. The molecule has 0 spiro atoms. The van der Waals surface area contributed by atoms with Gasteiger partial charge in [-0.2, -0.15) is 0 Å². The van der Waals surface area contributed by atoms with Gasteiger partial charge in [0.05, 0.1) is 48.8 Å². The number of thiophene rings is 1. The van der Waals surface area contributed by atoms with Gasteiger partial charge in [0.1, 0.15) is 5.82 Å². The summed E-state index contributed by atoms with van der Waals surface area (Å²) in [5.41, 5.74) is 8.17. The molecule has 196 valence electrons. The van der Waals surface area contributed by atoms with E-state index in [0.717, 1.165) is 39.6 Å². The van der Waals surface area contributed by atoms with Crippen LogP contribution in [0.1, 0.15) is 0 Å². The van der Waals surface area contributed by atoms with Gasteiger partial charge >= 0.3 is 0 Å². The number of amides is 1. The molecule has 0 bridgehead atoms. The number of hydrogen-bond donors (Lipinski definition) is 2. The van der Waals surface area contributed by atoms with Crippen LogP contribution in [0, 0.1) is 0 Å². The summed E-state index contributed by atoms with van der Waals surface area (Å²) in [6.45, 7) is 5.42. The summed E-state index contributed by atoms with van der Waals surface area (Å²) >= 11 is 1.63. The predicted molar refractivity (Wildman–Crippen MR) is 145 cm³/mol. The van der Waals surface area contributed by atoms with Crippen LogP contribution in [0.25, 0.3) is 32.0 Å². The fourth-order valence-electron chi connectivity index (χ4n) is 4.36. The molecule has 4 aromatic rings. The molecule has 0 atom stereocenters. The summed E-state index contributed by atoms with van der Waals surface area (Å²) in [5, 5.41) is 3.13. The number of carbonyl (C=O) groups excluding carboxylic acids is 1. The highest BCUT2D eigenvalue weighted by atomic mass is 32.1. The quantitative estimate of drug-likeness (QED) is 0.375. The smallest absolute Gasteiger partial charge is 0.242 e. The second-order valence-corrected chi connectivity index (χ2v) is 9.96. The number of nitrogens with two attached hydrogens (primary N) is 1. The molecular weight excluding hydrogens is 506 g/mol. The second kappa shape index (κ2) is 10.8. The predicted octanol–water partition coefficient (Wildman–Crippen LogP) is 1.90. The van der Waals surface area contributed by atoms with E-state index in [1.807, 2.05) is 18.3 Å². The summed E-state index contributed by atoms with van der Waals surface area (Å²) in [5.74, 6) is 2.31. The highest BCUT2D eigenvalue weighted by Gasteiger charge is 2.21. The number of fused-ring (bicyclic) bond motifs is 1. The van der Waals surface area contributed by atoms with Crippen LogP contribution in [0.2, 0.25) is 0 Å². The lowest BCUT2D eigenvalue weighted by Gasteiger charge is -2.28. The average Bonchev–Trinajstić information content (AvgIpc) is 3.41. The highest BCUT2D eigenvalue weighted by Crippen LogP contribution is 2.38. The van der Waals surface area contributed by atoms with Crippen LogP contribution in [-0.2, 0) is 14.3 Å². The largest absolute Gasteiger partial charge is 0.378 e. The van der Waals surface area contributed by atoms with E-state index in [0.29, 0.717) is 56.7 Å². The van der Waals surface area contributed by atoms with Crippen LogP contribution in [0.3, 0.4) is 0 Å². The van der Waals surface area contributed by atoms with E-state index in [9.17, 15) is 4.79 Å². The third kappa shape index (κ3) is 5.21. The van der Waals surface area contributed by atoms with E-state index in [4.69, 9.17) is 25.2 Å². The number of nitrogens with one attached hydrogen (secondary N) is 1. The monoisotopic (exact) mass is 533 g/mol. The van der Waals surface area contributed by atoms with Crippen LogP contribution in [0.4, 0.5) is 17.6 Å². The van der Waals surface area contributed by atoms with Crippen molar-refractivity contribution in [2.24, 2.45) is 0 Å². The molecule has 38 heavy (non-hydrogen) atoms. The van der Waals surface area contributed by atoms with E-state index < -0.39 is 0 Å². The molecule has 0 aromatic carbocycles. The Morgan fingerprint density at radius 3 is 2.37 bits per heavy atom. The zero-order valence-corrected chi connectivity index (χ0v) is 21.5. The molecule has 2 fully saturated rings. The van der Waals surface area contributed by atoms with Gasteiger partial charge in [-0.25, -0.2) is 24.9 Å². The number of carbonyl (C=O) groups is 1. The third-order valence-corrected chi connectivity index (χ3v) is 7.60. The summed E-state index contributed by atoms with van der Waals surface area (Å²) in [4.78, 5) is 39.9.